The van der Waals surface area contributed by atoms with Crippen LogP contribution in [0.25, 0.3) is 0 Å². The zero-order valence-electron chi connectivity index (χ0n) is 14.0. The van der Waals surface area contributed by atoms with Crippen LogP contribution in [0.15, 0.2) is 55.6 Å². The first-order valence-electron chi connectivity index (χ1n) is 8.11. The molecule has 1 aliphatic rings. The molecular weight excluding hydrogens is 322 g/mol. The first kappa shape index (κ1) is 18.9. The number of carbonyl (C=O) groups is 2. The average Bonchev–Trinajstić information content (AvgIpc) is 2.97. The molecule has 6 heteroatoms. The number of aliphatic hydroxyl groups excluding tert-OH is 1. The van der Waals surface area contributed by atoms with Crippen molar-refractivity contribution in [2.24, 2.45) is 5.92 Å². The Bertz CT molecular complexity index is 616. The SMILES string of the molecule is C=CCOC[C@@H](O)[C@@H](C=C)C(=O)N1C(=O)OC[C@@H]1Cc1ccccc1. The smallest absolute Gasteiger partial charge is 0.417 e. The summed E-state index contributed by atoms with van der Waals surface area (Å²) in [5.74, 6) is -1.48. The van der Waals surface area contributed by atoms with Crippen molar-refractivity contribution < 1.29 is 24.2 Å². The Hall–Kier alpha value is -2.44. The Morgan fingerprint density at radius 1 is 1.40 bits per heavy atom. The minimum absolute atomic E-state index is 0.0549. The fraction of sp³-hybridized carbons (Fsp3) is 0.368. The minimum Gasteiger partial charge on any atom is -0.447 e. The van der Waals surface area contributed by atoms with Gasteiger partial charge in [0.05, 0.1) is 31.3 Å². The molecule has 3 atom stereocenters. The van der Waals surface area contributed by atoms with E-state index in [9.17, 15) is 14.7 Å². The molecule has 6 nitrogen and oxygen atoms in total. The molecule has 134 valence electrons. The van der Waals surface area contributed by atoms with E-state index in [0.717, 1.165) is 10.5 Å². The molecule has 0 spiro atoms. The number of rotatable bonds is 9. The topological polar surface area (TPSA) is 76.1 Å². The van der Waals surface area contributed by atoms with Gasteiger partial charge in [-0.15, -0.1) is 13.2 Å². The first-order valence-corrected chi connectivity index (χ1v) is 8.11. The van der Waals surface area contributed by atoms with Gasteiger partial charge in [0.15, 0.2) is 0 Å². The highest BCUT2D eigenvalue weighted by molar-refractivity contribution is 5.95. The molecule has 0 aliphatic carbocycles. The lowest BCUT2D eigenvalue weighted by Gasteiger charge is -2.26. The number of imide groups is 1. The van der Waals surface area contributed by atoms with Gasteiger partial charge in [-0.2, -0.15) is 0 Å². The van der Waals surface area contributed by atoms with Crippen LogP contribution in [0.1, 0.15) is 5.56 Å². The van der Waals surface area contributed by atoms with Crippen molar-refractivity contribution in [2.75, 3.05) is 19.8 Å². The number of cyclic esters (lactones) is 1. The standard InChI is InChI=1S/C19H23NO5/c1-3-10-24-13-17(21)16(4-2)18(22)20-15(12-25-19(20)23)11-14-8-6-5-7-9-14/h3-9,15-17,21H,1-2,10-13H2/t15-,16+,17+/m0/s1. The van der Waals surface area contributed by atoms with Gasteiger partial charge in [0.1, 0.15) is 6.61 Å². The second kappa shape index (κ2) is 9.15. The van der Waals surface area contributed by atoms with Gasteiger partial charge in [-0.1, -0.05) is 42.5 Å². The maximum Gasteiger partial charge on any atom is 0.417 e. The van der Waals surface area contributed by atoms with Gasteiger partial charge in [-0.05, 0) is 12.0 Å². The van der Waals surface area contributed by atoms with Gasteiger partial charge < -0.3 is 14.6 Å². The summed E-state index contributed by atoms with van der Waals surface area (Å²) in [7, 11) is 0. The van der Waals surface area contributed by atoms with Crippen LogP contribution in [0.5, 0.6) is 0 Å². The van der Waals surface area contributed by atoms with E-state index in [1.807, 2.05) is 30.3 Å². The molecule has 1 fully saturated rings. The highest BCUT2D eigenvalue weighted by atomic mass is 16.6. The zero-order valence-corrected chi connectivity index (χ0v) is 14.0. The van der Waals surface area contributed by atoms with E-state index in [4.69, 9.17) is 9.47 Å². The van der Waals surface area contributed by atoms with Gasteiger partial charge in [0.25, 0.3) is 0 Å². The van der Waals surface area contributed by atoms with Gasteiger partial charge in [-0.3, -0.25) is 4.79 Å². The molecule has 0 bridgehead atoms. The lowest BCUT2D eigenvalue weighted by molar-refractivity contribution is -0.136. The Kier molecular flexibility index (Phi) is 6.91. The molecular formula is C19H23NO5. The fourth-order valence-corrected chi connectivity index (χ4v) is 2.73. The quantitative estimate of drug-likeness (QED) is 0.547. The van der Waals surface area contributed by atoms with E-state index >= 15 is 0 Å². The molecule has 1 aliphatic heterocycles. The van der Waals surface area contributed by atoms with Crippen molar-refractivity contribution in [3.05, 3.63) is 61.2 Å². The Balaban J connectivity index is 2.08. The van der Waals surface area contributed by atoms with Crippen molar-refractivity contribution in [3.8, 4) is 0 Å². The van der Waals surface area contributed by atoms with E-state index in [1.54, 1.807) is 6.08 Å². The van der Waals surface area contributed by atoms with E-state index in [-0.39, 0.29) is 19.8 Å². The summed E-state index contributed by atoms with van der Waals surface area (Å²) in [4.78, 5) is 25.9. The van der Waals surface area contributed by atoms with Crippen LogP contribution in [0.2, 0.25) is 0 Å². The summed E-state index contributed by atoms with van der Waals surface area (Å²) in [6, 6.07) is 9.13. The van der Waals surface area contributed by atoms with Gasteiger partial charge in [0.2, 0.25) is 5.91 Å². The van der Waals surface area contributed by atoms with Crippen molar-refractivity contribution in [2.45, 2.75) is 18.6 Å². The largest absolute Gasteiger partial charge is 0.447 e. The molecule has 25 heavy (non-hydrogen) atoms. The van der Waals surface area contributed by atoms with Crippen molar-refractivity contribution in [1.29, 1.82) is 0 Å². The summed E-state index contributed by atoms with van der Waals surface area (Å²) in [6.45, 7) is 7.46. The third kappa shape index (κ3) is 4.78. The highest BCUT2D eigenvalue weighted by Gasteiger charge is 2.41. The number of amides is 2. The number of benzene rings is 1. The van der Waals surface area contributed by atoms with E-state index < -0.39 is 30.1 Å². The Morgan fingerprint density at radius 3 is 2.76 bits per heavy atom. The number of hydrogen-bond donors (Lipinski definition) is 1. The molecule has 1 heterocycles. The van der Waals surface area contributed by atoms with Crippen LogP contribution in [0, 0.1) is 5.92 Å². The van der Waals surface area contributed by atoms with Crippen LogP contribution in [0.3, 0.4) is 0 Å². The molecule has 1 N–H and O–H groups in total. The summed E-state index contributed by atoms with van der Waals surface area (Å²) in [5.41, 5.74) is 0.994. The van der Waals surface area contributed by atoms with Crippen LogP contribution in [-0.4, -0.2) is 54.0 Å². The van der Waals surface area contributed by atoms with Crippen LogP contribution in [-0.2, 0) is 20.7 Å². The second-order valence-corrected chi connectivity index (χ2v) is 5.78. The molecule has 2 amide bonds. The van der Waals surface area contributed by atoms with Crippen molar-refractivity contribution >= 4 is 12.0 Å². The maximum atomic E-state index is 12.8. The molecule has 1 saturated heterocycles. The first-order chi connectivity index (χ1) is 12.1. The number of hydrogen-bond acceptors (Lipinski definition) is 5. The Labute approximate surface area is 147 Å². The highest BCUT2D eigenvalue weighted by Crippen LogP contribution is 2.22. The van der Waals surface area contributed by atoms with Gasteiger partial charge >= 0.3 is 6.09 Å². The molecule has 1 aromatic rings. The van der Waals surface area contributed by atoms with E-state index in [1.165, 1.54) is 6.08 Å². The van der Waals surface area contributed by atoms with Crippen molar-refractivity contribution in [1.82, 2.24) is 4.90 Å². The molecule has 0 radical (unpaired) electrons. The lowest BCUT2D eigenvalue weighted by atomic mass is 9.99. The average molecular weight is 345 g/mol. The van der Waals surface area contributed by atoms with Crippen LogP contribution in [0.4, 0.5) is 4.79 Å². The van der Waals surface area contributed by atoms with Gasteiger partial charge in [0, 0.05) is 0 Å². The van der Waals surface area contributed by atoms with E-state index in [2.05, 4.69) is 13.2 Å². The summed E-state index contributed by atoms with van der Waals surface area (Å²) in [6.07, 6.45) is 1.57. The normalized spacial score (nSPS) is 19.2. The maximum absolute atomic E-state index is 12.8. The fourth-order valence-electron chi connectivity index (χ4n) is 2.73. The second-order valence-electron chi connectivity index (χ2n) is 5.78. The zero-order chi connectivity index (χ0) is 18.2. The molecule has 0 unspecified atom stereocenters. The van der Waals surface area contributed by atoms with Crippen LogP contribution >= 0.6 is 0 Å². The third-order valence-electron chi connectivity index (χ3n) is 3.99. The predicted molar refractivity (Wildman–Crippen MR) is 92.8 cm³/mol. The predicted octanol–water partition coefficient (Wildman–Crippen LogP) is 1.94. The Morgan fingerprint density at radius 2 is 2.12 bits per heavy atom. The molecule has 0 aromatic heterocycles. The number of ether oxygens (including phenoxy) is 2. The summed E-state index contributed by atoms with van der Waals surface area (Å²) < 4.78 is 10.2. The summed E-state index contributed by atoms with van der Waals surface area (Å²) in [5, 5.41) is 10.2. The summed E-state index contributed by atoms with van der Waals surface area (Å²) >= 11 is 0. The molecule has 1 aromatic carbocycles. The minimum atomic E-state index is -1.10. The lowest BCUT2D eigenvalue weighted by Crippen LogP contribution is -2.46. The molecule has 2 rings (SSSR count). The van der Waals surface area contributed by atoms with Crippen molar-refractivity contribution in [3.63, 3.8) is 0 Å². The van der Waals surface area contributed by atoms with E-state index in [0.29, 0.717) is 6.42 Å². The number of nitrogens with zero attached hydrogens (tertiary/aromatic N) is 1. The monoisotopic (exact) mass is 345 g/mol. The number of aliphatic hydroxyl groups is 1. The van der Waals surface area contributed by atoms with Gasteiger partial charge in [-0.25, -0.2) is 9.69 Å². The molecule has 0 saturated carbocycles. The van der Waals surface area contributed by atoms with Crippen LogP contribution < -0.4 is 0 Å². The third-order valence-corrected chi connectivity index (χ3v) is 3.99. The number of carbonyl (C=O) groups excluding carboxylic acids is 2.